The zero-order chi connectivity index (χ0) is 20.1. The Morgan fingerprint density at radius 1 is 1.11 bits per heavy atom. The summed E-state index contributed by atoms with van der Waals surface area (Å²) in [6.07, 6.45) is 1.74. The van der Waals surface area contributed by atoms with Crippen LogP contribution in [-0.4, -0.2) is 36.7 Å². The molecule has 0 aliphatic heterocycles. The Morgan fingerprint density at radius 2 is 1.79 bits per heavy atom. The van der Waals surface area contributed by atoms with Gasteiger partial charge in [-0.1, -0.05) is 36.4 Å². The first-order valence-corrected chi connectivity index (χ1v) is 10.4. The molecule has 1 unspecified atom stereocenters. The molecule has 0 amide bonds. The van der Waals surface area contributed by atoms with Gasteiger partial charge in [0.15, 0.2) is 0 Å². The van der Waals surface area contributed by atoms with Crippen molar-refractivity contribution in [1.29, 1.82) is 0 Å². The van der Waals surface area contributed by atoms with Gasteiger partial charge in [0.25, 0.3) is 0 Å². The molecule has 0 radical (unpaired) electrons. The first-order valence-electron chi connectivity index (χ1n) is 8.78. The molecule has 0 aromatic heterocycles. The average molecular weight is 504 g/mol. The molecule has 6 heteroatoms. The highest BCUT2D eigenvalue weighted by Gasteiger charge is 2.10. The molecule has 3 aromatic carbocycles. The Bertz CT molecular complexity index is 1020. The molecule has 28 heavy (non-hydrogen) atoms. The summed E-state index contributed by atoms with van der Waals surface area (Å²) in [5.74, 6) is 1.02. The van der Waals surface area contributed by atoms with E-state index in [4.69, 9.17) is 4.74 Å². The molecular weight excluding hydrogens is 484 g/mol. The number of fused-ring (bicyclic) bond motifs is 1. The molecule has 0 aliphatic carbocycles. The van der Waals surface area contributed by atoms with Crippen LogP contribution in [0.2, 0.25) is 0 Å². The van der Waals surface area contributed by atoms with Gasteiger partial charge in [0.05, 0.1) is 20.7 Å². The predicted molar refractivity (Wildman–Crippen MR) is 123 cm³/mol. The highest BCUT2D eigenvalue weighted by Crippen LogP contribution is 2.33. The predicted octanol–water partition coefficient (Wildman–Crippen LogP) is 6.03. The molecule has 1 atom stereocenters. The van der Waals surface area contributed by atoms with Crippen molar-refractivity contribution < 1.29 is 9.84 Å². The minimum absolute atomic E-state index is 0.0419. The third-order valence-electron chi connectivity index (χ3n) is 4.23. The summed E-state index contributed by atoms with van der Waals surface area (Å²) in [4.78, 5) is 8.88. The Morgan fingerprint density at radius 3 is 2.50 bits per heavy atom. The third-order valence-corrected chi connectivity index (χ3v) is 5.44. The van der Waals surface area contributed by atoms with E-state index in [2.05, 4.69) is 60.0 Å². The lowest BCUT2D eigenvalue weighted by atomic mass is 10.1. The van der Waals surface area contributed by atoms with E-state index in [0.717, 1.165) is 27.8 Å². The molecule has 3 rings (SSSR count). The van der Waals surface area contributed by atoms with Gasteiger partial charge in [0.1, 0.15) is 18.1 Å². The first kappa shape index (κ1) is 20.6. The topological polar surface area (TPSA) is 54.2 Å². The lowest BCUT2D eigenvalue weighted by Crippen LogP contribution is -2.14. The number of halogens is 2. The summed E-state index contributed by atoms with van der Waals surface area (Å²) < 4.78 is 7.20. The van der Waals surface area contributed by atoms with E-state index in [1.165, 1.54) is 0 Å². The number of aromatic hydroxyl groups is 1. The molecule has 0 saturated carbocycles. The molecular formula is C22H20Br2N2O2. The van der Waals surface area contributed by atoms with E-state index in [-0.39, 0.29) is 11.8 Å². The van der Waals surface area contributed by atoms with Crippen molar-refractivity contribution in [1.82, 2.24) is 0 Å². The smallest absolute Gasteiger partial charge is 0.143 e. The molecule has 144 valence electrons. The van der Waals surface area contributed by atoms with Crippen LogP contribution in [0.15, 0.2) is 73.5 Å². The maximum absolute atomic E-state index is 9.87. The Hall–Kier alpha value is -2.18. The van der Waals surface area contributed by atoms with Crippen LogP contribution in [0.3, 0.4) is 0 Å². The minimum Gasteiger partial charge on any atom is -0.506 e. The summed E-state index contributed by atoms with van der Waals surface area (Å²) in [5, 5.41) is 12.1. The number of benzene rings is 3. The van der Waals surface area contributed by atoms with Crippen LogP contribution in [0.25, 0.3) is 10.8 Å². The van der Waals surface area contributed by atoms with Gasteiger partial charge >= 0.3 is 0 Å². The summed E-state index contributed by atoms with van der Waals surface area (Å²) >= 11 is 6.69. The highest BCUT2D eigenvalue weighted by molar-refractivity contribution is 9.11. The average Bonchev–Trinajstić information content (AvgIpc) is 2.70. The number of ether oxygens (including phenoxy) is 1. The number of aliphatic imine (C=N–C) groups is 2. The molecule has 0 saturated heterocycles. The van der Waals surface area contributed by atoms with Gasteiger partial charge in [0, 0.05) is 24.2 Å². The number of hydrogen-bond acceptors (Lipinski definition) is 4. The summed E-state index contributed by atoms with van der Waals surface area (Å²) in [6, 6.07) is 17.8. The summed E-state index contributed by atoms with van der Waals surface area (Å²) in [6.45, 7) is 2.46. The van der Waals surface area contributed by atoms with Crippen molar-refractivity contribution in [2.45, 2.75) is 13.0 Å². The number of phenolic OH excluding ortho intramolecular Hbond substituents is 1. The van der Waals surface area contributed by atoms with Gasteiger partial charge in [-0.15, -0.1) is 0 Å². The largest absolute Gasteiger partial charge is 0.506 e. The minimum atomic E-state index is -0.0419. The normalized spacial score (nSPS) is 13.2. The molecule has 0 bridgehead atoms. The van der Waals surface area contributed by atoms with E-state index in [1.807, 2.05) is 43.3 Å². The lowest BCUT2D eigenvalue weighted by Gasteiger charge is -2.12. The van der Waals surface area contributed by atoms with Crippen LogP contribution in [0.1, 0.15) is 12.5 Å². The maximum Gasteiger partial charge on any atom is 0.143 e. The fourth-order valence-electron chi connectivity index (χ4n) is 2.75. The van der Waals surface area contributed by atoms with Crippen LogP contribution in [0.4, 0.5) is 0 Å². The lowest BCUT2D eigenvalue weighted by molar-refractivity contribution is 0.301. The van der Waals surface area contributed by atoms with Crippen molar-refractivity contribution in [3.8, 4) is 11.5 Å². The molecule has 0 aliphatic rings. The number of hydrogen-bond donors (Lipinski definition) is 1. The third kappa shape index (κ3) is 4.80. The van der Waals surface area contributed by atoms with Crippen molar-refractivity contribution >= 4 is 54.6 Å². The number of rotatable bonds is 6. The van der Waals surface area contributed by atoms with Gasteiger partial charge in [-0.2, -0.15) is 0 Å². The second kappa shape index (κ2) is 9.34. The van der Waals surface area contributed by atoms with Crippen molar-refractivity contribution in [3.63, 3.8) is 0 Å². The quantitative estimate of drug-likeness (QED) is 0.417. The molecule has 3 aromatic rings. The molecule has 1 N–H and O–H groups in total. The maximum atomic E-state index is 9.87. The SMILES string of the molecule is C/N=C(\C=N/C(C)COc1cccc2ccccc12)c1cc(Br)c(O)c(Br)c1. The van der Waals surface area contributed by atoms with E-state index >= 15 is 0 Å². The van der Waals surface area contributed by atoms with E-state index in [0.29, 0.717) is 15.6 Å². The van der Waals surface area contributed by atoms with Crippen LogP contribution < -0.4 is 4.74 Å². The van der Waals surface area contributed by atoms with Crippen LogP contribution in [0.5, 0.6) is 11.5 Å². The summed E-state index contributed by atoms with van der Waals surface area (Å²) in [5.41, 5.74) is 1.57. The zero-order valence-corrected chi connectivity index (χ0v) is 18.7. The van der Waals surface area contributed by atoms with Crippen molar-refractivity contribution in [3.05, 3.63) is 69.1 Å². The number of phenols is 1. The molecule has 4 nitrogen and oxygen atoms in total. The Balaban J connectivity index is 1.69. The van der Waals surface area contributed by atoms with Crippen molar-refractivity contribution in [2.75, 3.05) is 13.7 Å². The van der Waals surface area contributed by atoms with Crippen molar-refractivity contribution in [2.24, 2.45) is 9.98 Å². The number of nitrogens with zero attached hydrogens (tertiary/aromatic N) is 2. The van der Waals surface area contributed by atoms with E-state index < -0.39 is 0 Å². The van der Waals surface area contributed by atoms with E-state index in [1.54, 1.807) is 13.3 Å². The second-order valence-electron chi connectivity index (χ2n) is 6.31. The Labute approximate surface area is 181 Å². The summed E-state index contributed by atoms with van der Waals surface area (Å²) in [7, 11) is 1.72. The zero-order valence-electron chi connectivity index (χ0n) is 15.6. The van der Waals surface area contributed by atoms with Gasteiger partial charge in [-0.05, 0) is 62.4 Å². The fourth-order valence-corrected chi connectivity index (χ4v) is 3.93. The highest BCUT2D eigenvalue weighted by atomic mass is 79.9. The first-order chi connectivity index (χ1) is 13.5. The van der Waals surface area contributed by atoms with Crippen LogP contribution in [0, 0.1) is 0 Å². The van der Waals surface area contributed by atoms with Gasteiger partial charge < -0.3 is 9.84 Å². The van der Waals surface area contributed by atoms with Gasteiger partial charge in [-0.25, -0.2) is 0 Å². The van der Waals surface area contributed by atoms with Gasteiger partial charge in [0.2, 0.25) is 0 Å². The fraction of sp³-hybridized carbons (Fsp3) is 0.182. The Kier molecular flexibility index (Phi) is 6.86. The monoisotopic (exact) mass is 502 g/mol. The second-order valence-corrected chi connectivity index (χ2v) is 8.02. The standard InChI is InChI=1S/C22H20Br2N2O2/c1-14(13-28-21-9-5-7-15-6-3-4-8-17(15)21)26-12-20(25-2)16-10-18(23)22(27)19(24)11-16/h3-12,14,27H,13H2,1-2H3/b25-20+,26-12-. The molecule has 0 fully saturated rings. The van der Waals surface area contributed by atoms with Crippen LogP contribution >= 0.6 is 31.9 Å². The molecule has 0 spiro atoms. The van der Waals surface area contributed by atoms with Gasteiger partial charge in [-0.3, -0.25) is 9.98 Å². The van der Waals surface area contributed by atoms with Crippen LogP contribution in [-0.2, 0) is 0 Å². The molecule has 0 heterocycles. The van der Waals surface area contributed by atoms with E-state index in [9.17, 15) is 5.11 Å².